The zero-order chi connectivity index (χ0) is 13.0. The Hall–Kier alpha value is -2.36. The van der Waals surface area contributed by atoms with Crippen LogP contribution >= 0.6 is 0 Å². The number of anilines is 2. The van der Waals surface area contributed by atoms with Gasteiger partial charge in [0.1, 0.15) is 0 Å². The molecule has 0 atom stereocenters. The van der Waals surface area contributed by atoms with Gasteiger partial charge >= 0.3 is 0 Å². The molecule has 4 nitrogen and oxygen atoms in total. The summed E-state index contributed by atoms with van der Waals surface area (Å²) in [6, 6.07) is 10.6. The van der Waals surface area contributed by atoms with E-state index in [0.717, 1.165) is 5.69 Å². The van der Waals surface area contributed by atoms with Crippen LogP contribution in [0.1, 0.15) is 17.3 Å². The molecule has 1 aromatic carbocycles. The molecule has 1 aromatic heterocycles. The van der Waals surface area contributed by atoms with Crippen LogP contribution in [0.4, 0.5) is 11.4 Å². The minimum atomic E-state index is -0.0382. The second-order valence-electron chi connectivity index (χ2n) is 3.88. The lowest BCUT2D eigenvalue weighted by atomic mass is 10.1. The predicted molar refractivity (Wildman–Crippen MR) is 72.4 cm³/mol. The summed E-state index contributed by atoms with van der Waals surface area (Å²) in [4.78, 5) is 18.0. The maximum Gasteiger partial charge on any atom is 0.258 e. The molecule has 0 radical (unpaired) electrons. The summed E-state index contributed by atoms with van der Waals surface area (Å²) in [5.74, 6) is -0.0382. The monoisotopic (exact) mass is 241 g/mol. The third-order valence-corrected chi connectivity index (χ3v) is 2.69. The van der Waals surface area contributed by atoms with Gasteiger partial charge in [0.25, 0.3) is 5.91 Å². The lowest BCUT2D eigenvalue weighted by Gasteiger charge is -2.20. The first kappa shape index (κ1) is 12.1. The van der Waals surface area contributed by atoms with Crippen LogP contribution < -0.4 is 10.6 Å². The molecule has 0 aliphatic rings. The highest BCUT2D eigenvalue weighted by Gasteiger charge is 2.15. The van der Waals surface area contributed by atoms with E-state index in [1.165, 1.54) is 0 Å². The van der Waals surface area contributed by atoms with Gasteiger partial charge in [-0.25, -0.2) is 0 Å². The van der Waals surface area contributed by atoms with Gasteiger partial charge in [-0.1, -0.05) is 0 Å². The van der Waals surface area contributed by atoms with E-state index in [4.69, 9.17) is 5.73 Å². The van der Waals surface area contributed by atoms with Gasteiger partial charge in [0.15, 0.2) is 0 Å². The first-order valence-corrected chi connectivity index (χ1v) is 5.80. The van der Waals surface area contributed by atoms with Gasteiger partial charge in [0.05, 0.1) is 0 Å². The van der Waals surface area contributed by atoms with E-state index in [1.807, 2.05) is 19.1 Å². The average Bonchev–Trinajstić information content (AvgIpc) is 2.41. The summed E-state index contributed by atoms with van der Waals surface area (Å²) in [6.45, 7) is 2.54. The molecule has 0 fully saturated rings. The molecule has 0 saturated carbocycles. The molecular formula is C14H15N3O. The zero-order valence-corrected chi connectivity index (χ0v) is 10.2. The summed E-state index contributed by atoms with van der Waals surface area (Å²) < 4.78 is 0. The molecule has 2 rings (SSSR count). The van der Waals surface area contributed by atoms with E-state index in [1.54, 1.807) is 41.6 Å². The number of nitrogens with two attached hydrogens (primary N) is 1. The van der Waals surface area contributed by atoms with Crippen molar-refractivity contribution in [1.29, 1.82) is 0 Å². The first-order chi connectivity index (χ1) is 8.72. The second-order valence-corrected chi connectivity index (χ2v) is 3.88. The number of rotatable bonds is 3. The predicted octanol–water partition coefficient (Wildman–Crippen LogP) is 2.33. The summed E-state index contributed by atoms with van der Waals surface area (Å²) >= 11 is 0. The van der Waals surface area contributed by atoms with Crippen molar-refractivity contribution in [3.63, 3.8) is 0 Å². The van der Waals surface area contributed by atoms with Gasteiger partial charge in [-0.3, -0.25) is 9.78 Å². The van der Waals surface area contributed by atoms with Crippen molar-refractivity contribution < 1.29 is 4.79 Å². The second kappa shape index (κ2) is 5.31. The van der Waals surface area contributed by atoms with Gasteiger partial charge in [-0.2, -0.15) is 0 Å². The highest BCUT2D eigenvalue weighted by Crippen LogP contribution is 2.16. The quantitative estimate of drug-likeness (QED) is 0.839. The fourth-order valence-electron chi connectivity index (χ4n) is 1.75. The molecule has 0 saturated heterocycles. The number of aromatic nitrogens is 1. The molecule has 18 heavy (non-hydrogen) atoms. The van der Waals surface area contributed by atoms with Crippen LogP contribution in [0, 0.1) is 0 Å². The summed E-state index contributed by atoms with van der Waals surface area (Å²) in [5.41, 5.74) is 7.73. The van der Waals surface area contributed by atoms with Gasteiger partial charge in [0, 0.05) is 35.9 Å². The van der Waals surface area contributed by atoms with Crippen LogP contribution in [-0.4, -0.2) is 17.4 Å². The van der Waals surface area contributed by atoms with Gasteiger partial charge in [-0.05, 0) is 43.3 Å². The standard InChI is InChI=1S/C14H15N3O/c1-2-17(13-7-9-16-10-8-13)14(18)11-3-5-12(15)6-4-11/h3-10H,2,15H2,1H3. The number of hydrogen-bond acceptors (Lipinski definition) is 3. The molecule has 0 bridgehead atoms. The highest BCUT2D eigenvalue weighted by molar-refractivity contribution is 6.06. The van der Waals surface area contributed by atoms with Gasteiger partial charge in [0.2, 0.25) is 0 Å². The zero-order valence-electron chi connectivity index (χ0n) is 10.2. The average molecular weight is 241 g/mol. The SMILES string of the molecule is CCN(C(=O)c1ccc(N)cc1)c1ccncc1. The van der Waals surface area contributed by atoms with Crippen molar-refractivity contribution in [2.45, 2.75) is 6.92 Å². The molecule has 0 spiro atoms. The van der Waals surface area contributed by atoms with Crippen LogP contribution in [-0.2, 0) is 0 Å². The number of nitrogens with zero attached hydrogens (tertiary/aromatic N) is 2. The number of nitrogen functional groups attached to an aromatic ring is 1. The molecule has 0 aliphatic heterocycles. The Morgan fingerprint density at radius 2 is 1.78 bits per heavy atom. The van der Waals surface area contributed by atoms with Crippen LogP contribution in [0.2, 0.25) is 0 Å². The Bertz CT molecular complexity index is 522. The molecule has 0 unspecified atom stereocenters. The molecular weight excluding hydrogens is 226 g/mol. The third kappa shape index (κ3) is 2.48. The maximum atomic E-state index is 12.4. The van der Waals surface area contributed by atoms with E-state index in [-0.39, 0.29) is 5.91 Å². The Morgan fingerprint density at radius 1 is 1.17 bits per heavy atom. The van der Waals surface area contributed by atoms with Crippen molar-refractivity contribution in [3.8, 4) is 0 Å². The topological polar surface area (TPSA) is 59.2 Å². The van der Waals surface area contributed by atoms with Crippen molar-refractivity contribution in [2.75, 3.05) is 17.2 Å². The Kier molecular flexibility index (Phi) is 3.57. The van der Waals surface area contributed by atoms with Crippen molar-refractivity contribution in [1.82, 2.24) is 4.98 Å². The molecule has 92 valence electrons. The molecule has 2 N–H and O–H groups in total. The van der Waals surface area contributed by atoms with Crippen LogP contribution in [0.5, 0.6) is 0 Å². The Balaban J connectivity index is 2.28. The lowest BCUT2D eigenvalue weighted by molar-refractivity contribution is 0.0988. The molecule has 1 heterocycles. The summed E-state index contributed by atoms with van der Waals surface area (Å²) in [5, 5.41) is 0. The lowest BCUT2D eigenvalue weighted by Crippen LogP contribution is -2.30. The third-order valence-electron chi connectivity index (χ3n) is 2.69. The van der Waals surface area contributed by atoms with Crippen molar-refractivity contribution in [2.24, 2.45) is 0 Å². The van der Waals surface area contributed by atoms with E-state index >= 15 is 0 Å². The van der Waals surface area contributed by atoms with E-state index in [0.29, 0.717) is 17.8 Å². The minimum absolute atomic E-state index is 0.0382. The molecule has 1 amide bonds. The Morgan fingerprint density at radius 3 is 2.33 bits per heavy atom. The van der Waals surface area contributed by atoms with E-state index < -0.39 is 0 Å². The molecule has 4 heteroatoms. The van der Waals surface area contributed by atoms with Crippen LogP contribution in [0.25, 0.3) is 0 Å². The molecule has 0 aliphatic carbocycles. The molecule has 2 aromatic rings. The number of carbonyl (C=O) groups is 1. The number of hydrogen-bond donors (Lipinski definition) is 1. The fraction of sp³-hybridized carbons (Fsp3) is 0.143. The number of carbonyl (C=O) groups excluding carboxylic acids is 1. The Labute approximate surface area is 106 Å². The largest absolute Gasteiger partial charge is 0.399 e. The van der Waals surface area contributed by atoms with E-state index in [9.17, 15) is 4.79 Å². The van der Waals surface area contributed by atoms with Gasteiger partial charge in [-0.15, -0.1) is 0 Å². The van der Waals surface area contributed by atoms with E-state index in [2.05, 4.69) is 4.98 Å². The van der Waals surface area contributed by atoms with Crippen LogP contribution in [0.15, 0.2) is 48.8 Å². The van der Waals surface area contributed by atoms with Crippen LogP contribution in [0.3, 0.4) is 0 Å². The smallest absolute Gasteiger partial charge is 0.258 e. The normalized spacial score (nSPS) is 10.1. The highest BCUT2D eigenvalue weighted by atomic mass is 16.2. The number of amides is 1. The first-order valence-electron chi connectivity index (χ1n) is 5.80. The van der Waals surface area contributed by atoms with Crippen molar-refractivity contribution >= 4 is 17.3 Å². The minimum Gasteiger partial charge on any atom is -0.399 e. The van der Waals surface area contributed by atoms with Gasteiger partial charge < -0.3 is 10.6 Å². The maximum absolute atomic E-state index is 12.4. The number of benzene rings is 1. The number of pyridine rings is 1. The summed E-state index contributed by atoms with van der Waals surface area (Å²) in [6.07, 6.45) is 3.35. The van der Waals surface area contributed by atoms with Crippen molar-refractivity contribution in [3.05, 3.63) is 54.4 Å². The fourth-order valence-corrected chi connectivity index (χ4v) is 1.75. The summed E-state index contributed by atoms with van der Waals surface area (Å²) in [7, 11) is 0.